The number of hydrogen-bond acceptors (Lipinski definition) is 3. The Balaban J connectivity index is 1.98. The second-order valence-electron chi connectivity index (χ2n) is 5.15. The average molecular weight is 301 g/mol. The van der Waals surface area contributed by atoms with Gasteiger partial charge in [-0.3, -0.25) is 4.79 Å². The summed E-state index contributed by atoms with van der Waals surface area (Å²) in [4.78, 5) is 15.4. The van der Waals surface area contributed by atoms with E-state index in [1.165, 1.54) is 12.1 Å². The van der Waals surface area contributed by atoms with Gasteiger partial charge in [-0.2, -0.15) is 13.2 Å². The van der Waals surface area contributed by atoms with Crippen LogP contribution in [0.3, 0.4) is 0 Å². The monoisotopic (exact) mass is 301 g/mol. The Morgan fingerprint density at radius 3 is 2.10 bits per heavy atom. The first kappa shape index (κ1) is 15.6. The van der Waals surface area contributed by atoms with E-state index >= 15 is 0 Å². The summed E-state index contributed by atoms with van der Waals surface area (Å²) in [6, 6.07) is 4.56. The Morgan fingerprint density at radius 1 is 1.14 bits per heavy atom. The minimum absolute atomic E-state index is 0.0953. The molecule has 0 aromatic heterocycles. The van der Waals surface area contributed by atoms with Crippen LogP contribution >= 0.6 is 0 Å². The highest BCUT2D eigenvalue weighted by atomic mass is 19.4. The molecule has 7 heteroatoms. The lowest BCUT2D eigenvalue weighted by molar-refractivity contribution is -0.137. The van der Waals surface area contributed by atoms with Crippen LogP contribution in [0.2, 0.25) is 0 Å². The third-order valence-corrected chi connectivity index (χ3v) is 3.54. The number of nitrogens with two attached hydrogens (primary N) is 1. The molecule has 4 nitrogen and oxygen atoms in total. The van der Waals surface area contributed by atoms with Crippen LogP contribution in [-0.2, 0) is 11.0 Å². The Labute approximate surface area is 121 Å². The van der Waals surface area contributed by atoms with Gasteiger partial charge in [-0.1, -0.05) is 0 Å². The molecule has 2 N–H and O–H groups in total. The summed E-state index contributed by atoms with van der Waals surface area (Å²) in [5.74, 6) is -0.0953. The molecule has 0 aliphatic carbocycles. The third kappa shape index (κ3) is 3.66. The van der Waals surface area contributed by atoms with Crippen molar-refractivity contribution in [2.45, 2.75) is 19.1 Å². The molecule has 1 aliphatic rings. The van der Waals surface area contributed by atoms with Crippen molar-refractivity contribution >= 4 is 11.6 Å². The fourth-order valence-electron chi connectivity index (χ4n) is 2.33. The first-order valence-corrected chi connectivity index (χ1v) is 6.75. The van der Waals surface area contributed by atoms with Gasteiger partial charge in [-0.15, -0.1) is 0 Å². The number of nitrogens with zero attached hydrogens (tertiary/aromatic N) is 2. The summed E-state index contributed by atoms with van der Waals surface area (Å²) in [6.07, 6.45) is -4.32. The highest BCUT2D eigenvalue weighted by Crippen LogP contribution is 2.30. The van der Waals surface area contributed by atoms with Crippen molar-refractivity contribution < 1.29 is 18.0 Å². The molecular weight excluding hydrogens is 283 g/mol. The van der Waals surface area contributed by atoms with E-state index in [4.69, 9.17) is 5.73 Å². The summed E-state index contributed by atoms with van der Waals surface area (Å²) < 4.78 is 37.5. The van der Waals surface area contributed by atoms with Crippen LogP contribution in [0, 0.1) is 0 Å². The Kier molecular flexibility index (Phi) is 4.41. The number of hydrogen-bond donors (Lipinski definition) is 1. The first-order valence-electron chi connectivity index (χ1n) is 6.75. The van der Waals surface area contributed by atoms with Gasteiger partial charge < -0.3 is 15.5 Å². The lowest BCUT2D eigenvalue weighted by atomic mass is 10.1. The van der Waals surface area contributed by atoms with Gasteiger partial charge in [-0.25, -0.2) is 0 Å². The van der Waals surface area contributed by atoms with E-state index < -0.39 is 17.8 Å². The van der Waals surface area contributed by atoms with Crippen LogP contribution < -0.4 is 10.6 Å². The molecule has 1 heterocycles. The highest BCUT2D eigenvalue weighted by molar-refractivity contribution is 5.81. The molecule has 0 saturated carbocycles. The van der Waals surface area contributed by atoms with Crippen molar-refractivity contribution in [3.63, 3.8) is 0 Å². The van der Waals surface area contributed by atoms with Gasteiger partial charge in [0.1, 0.15) is 0 Å². The minimum Gasteiger partial charge on any atom is -0.368 e. The molecule has 21 heavy (non-hydrogen) atoms. The third-order valence-electron chi connectivity index (χ3n) is 3.54. The number of halogens is 3. The maximum atomic E-state index is 12.5. The largest absolute Gasteiger partial charge is 0.416 e. The number of piperazine rings is 1. The van der Waals surface area contributed by atoms with Gasteiger partial charge in [0.15, 0.2) is 0 Å². The zero-order chi connectivity index (χ0) is 15.6. The lowest BCUT2D eigenvalue weighted by Gasteiger charge is -2.36. The minimum atomic E-state index is -4.32. The molecule has 1 aromatic carbocycles. The topological polar surface area (TPSA) is 49.6 Å². The smallest absolute Gasteiger partial charge is 0.368 e. The molecule has 0 bridgehead atoms. The van der Waals surface area contributed by atoms with Crippen LogP contribution in [0.25, 0.3) is 0 Å². The van der Waals surface area contributed by atoms with Gasteiger partial charge in [0.05, 0.1) is 11.6 Å². The van der Waals surface area contributed by atoms with Crippen molar-refractivity contribution in [3.05, 3.63) is 29.8 Å². The summed E-state index contributed by atoms with van der Waals surface area (Å²) in [7, 11) is 0. The van der Waals surface area contributed by atoms with Crippen LogP contribution in [0.15, 0.2) is 24.3 Å². The van der Waals surface area contributed by atoms with Crippen LogP contribution in [0.4, 0.5) is 18.9 Å². The second-order valence-corrected chi connectivity index (χ2v) is 5.15. The predicted octanol–water partition coefficient (Wildman–Crippen LogP) is 1.70. The Morgan fingerprint density at radius 2 is 1.67 bits per heavy atom. The number of alkyl halides is 3. The van der Waals surface area contributed by atoms with Gasteiger partial charge in [0.2, 0.25) is 5.91 Å². The molecule has 1 amide bonds. The van der Waals surface area contributed by atoms with Crippen molar-refractivity contribution in [2.75, 3.05) is 31.1 Å². The number of carbonyl (C=O) groups is 1. The lowest BCUT2D eigenvalue weighted by Crippen LogP contribution is -2.52. The van der Waals surface area contributed by atoms with Crippen molar-refractivity contribution in [1.82, 2.24) is 4.90 Å². The van der Waals surface area contributed by atoms with E-state index in [9.17, 15) is 18.0 Å². The molecule has 0 radical (unpaired) electrons. The SMILES string of the molecule is CC(N)C(=O)N1CCN(c2ccc(C(F)(F)F)cc2)CC1. The summed E-state index contributed by atoms with van der Waals surface area (Å²) >= 11 is 0. The van der Waals surface area contributed by atoms with Gasteiger partial charge >= 0.3 is 6.18 Å². The van der Waals surface area contributed by atoms with E-state index in [1.807, 2.05) is 4.90 Å². The second kappa shape index (κ2) is 5.93. The average Bonchev–Trinajstić information content (AvgIpc) is 2.46. The van der Waals surface area contributed by atoms with Crippen molar-refractivity contribution in [3.8, 4) is 0 Å². The summed E-state index contributed by atoms with van der Waals surface area (Å²) in [5.41, 5.74) is 5.64. The fraction of sp³-hybridized carbons (Fsp3) is 0.500. The molecule has 1 atom stereocenters. The molecule has 1 aliphatic heterocycles. The van der Waals surface area contributed by atoms with E-state index in [2.05, 4.69) is 0 Å². The first-order chi connectivity index (χ1) is 9.79. The van der Waals surface area contributed by atoms with E-state index in [-0.39, 0.29) is 5.91 Å². The number of benzene rings is 1. The van der Waals surface area contributed by atoms with Gasteiger partial charge in [0, 0.05) is 31.9 Å². The normalized spacial score (nSPS) is 17.8. The predicted molar refractivity (Wildman–Crippen MR) is 73.9 cm³/mol. The number of amides is 1. The Hall–Kier alpha value is -1.76. The molecule has 1 aromatic rings. The van der Waals surface area contributed by atoms with E-state index in [1.54, 1.807) is 11.8 Å². The fourth-order valence-corrected chi connectivity index (χ4v) is 2.33. The molecule has 2 rings (SSSR count). The number of anilines is 1. The molecule has 0 spiro atoms. The van der Waals surface area contributed by atoms with Gasteiger partial charge in [0.25, 0.3) is 0 Å². The molecule has 1 fully saturated rings. The van der Waals surface area contributed by atoms with Crippen LogP contribution in [0.1, 0.15) is 12.5 Å². The van der Waals surface area contributed by atoms with Gasteiger partial charge in [-0.05, 0) is 31.2 Å². The number of carbonyl (C=O) groups excluding carboxylic acids is 1. The summed E-state index contributed by atoms with van der Waals surface area (Å²) in [6.45, 7) is 3.88. The molecule has 116 valence electrons. The molecule has 1 saturated heterocycles. The zero-order valence-electron chi connectivity index (χ0n) is 11.7. The van der Waals surface area contributed by atoms with Crippen molar-refractivity contribution in [2.24, 2.45) is 5.73 Å². The highest BCUT2D eigenvalue weighted by Gasteiger charge is 2.30. The molecule has 1 unspecified atom stereocenters. The van der Waals surface area contributed by atoms with Crippen molar-refractivity contribution in [1.29, 1.82) is 0 Å². The van der Waals surface area contributed by atoms with E-state index in [0.717, 1.165) is 17.8 Å². The van der Waals surface area contributed by atoms with Crippen LogP contribution in [-0.4, -0.2) is 43.0 Å². The maximum Gasteiger partial charge on any atom is 0.416 e. The standard InChI is InChI=1S/C14H18F3N3O/c1-10(18)13(21)20-8-6-19(7-9-20)12-4-2-11(3-5-12)14(15,16)17/h2-5,10H,6-9,18H2,1H3. The maximum absolute atomic E-state index is 12.5. The summed E-state index contributed by atoms with van der Waals surface area (Å²) in [5, 5.41) is 0. The number of rotatable bonds is 2. The quantitative estimate of drug-likeness (QED) is 0.904. The van der Waals surface area contributed by atoms with E-state index in [0.29, 0.717) is 26.2 Å². The van der Waals surface area contributed by atoms with Crippen LogP contribution in [0.5, 0.6) is 0 Å². The zero-order valence-corrected chi connectivity index (χ0v) is 11.7. The Bertz CT molecular complexity index is 491. The molecular formula is C14H18F3N3O.